The third-order valence-electron chi connectivity index (χ3n) is 6.72. The Morgan fingerprint density at radius 1 is 0.950 bits per heavy atom. The smallest absolute Gasteiger partial charge is 0.264 e. The number of hydrogen-bond donors (Lipinski definition) is 1. The molecule has 1 N–H and O–H groups in total. The molecule has 0 heterocycles. The Bertz CT molecular complexity index is 1410. The summed E-state index contributed by atoms with van der Waals surface area (Å²) in [4.78, 5) is 28.9. The molecule has 0 aliphatic rings. The highest BCUT2D eigenvalue weighted by Crippen LogP contribution is 2.28. The lowest BCUT2D eigenvalue weighted by molar-refractivity contribution is -0.140. The molecule has 0 saturated carbocycles. The summed E-state index contributed by atoms with van der Waals surface area (Å²) in [6.45, 7) is 7.86. The van der Waals surface area contributed by atoms with Crippen molar-refractivity contribution in [3.63, 3.8) is 0 Å². The van der Waals surface area contributed by atoms with Crippen molar-refractivity contribution in [2.24, 2.45) is 0 Å². The van der Waals surface area contributed by atoms with Crippen LogP contribution in [-0.2, 0) is 26.2 Å². The molecule has 7 nitrogen and oxygen atoms in total. The zero-order valence-corrected chi connectivity index (χ0v) is 25.1. The van der Waals surface area contributed by atoms with Gasteiger partial charge in [-0.05, 0) is 68.1 Å². The molecule has 0 aliphatic heterocycles. The summed E-state index contributed by atoms with van der Waals surface area (Å²) in [6, 6.07) is 19.8. The molecule has 9 heteroatoms. The maximum absolute atomic E-state index is 14.1. The number of rotatable bonds is 13. The number of para-hydroxylation sites is 1. The third kappa shape index (κ3) is 7.86. The fourth-order valence-corrected chi connectivity index (χ4v) is 6.13. The average Bonchev–Trinajstić information content (AvgIpc) is 2.92. The van der Waals surface area contributed by atoms with E-state index < -0.39 is 28.5 Å². The first-order chi connectivity index (χ1) is 19.1. The third-order valence-corrected chi connectivity index (χ3v) is 8.74. The molecule has 2 amide bonds. The standard InChI is InChI=1S/C31H38ClN3O4S/c1-5-7-19-33-31(37)28(6-2)34(21-25-13-10-11-23(3)20-25)30(36)22-35(29-14-9-8-12-24(29)4)40(38,39)27-17-15-26(32)16-18-27/h8-18,20,28H,5-7,19,21-22H2,1-4H3,(H,33,37)/t28-/m1/s1. The van der Waals surface area contributed by atoms with Crippen LogP contribution in [0.5, 0.6) is 0 Å². The van der Waals surface area contributed by atoms with E-state index in [9.17, 15) is 18.0 Å². The second-order valence-electron chi connectivity index (χ2n) is 9.83. The van der Waals surface area contributed by atoms with Crippen LogP contribution in [0, 0.1) is 13.8 Å². The maximum atomic E-state index is 14.1. The molecule has 1 atom stereocenters. The monoisotopic (exact) mass is 583 g/mol. The van der Waals surface area contributed by atoms with Crippen LogP contribution in [0.2, 0.25) is 5.02 Å². The molecule has 3 rings (SSSR count). The van der Waals surface area contributed by atoms with Gasteiger partial charge < -0.3 is 10.2 Å². The van der Waals surface area contributed by atoms with E-state index in [1.54, 1.807) is 25.1 Å². The minimum absolute atomic E-state index is 0.0162. The van der Waals surface area contributed by atoms with E-state index in [1.807, 2.05) is 51.1 Å². The van der Waals surface area contributed by atoms with Crippen molar-refractivity contribution >= 4 is 39.1 Å². The lowest BCUT2D eigenvalue weighted by Crippen LogP contribution is -2.52. The number of carbonyl (C=O) groups is 2. The van der Waals surface area contributed by atoms with E-state index in [2.05, 4.69) is 5.32 Å². The van der Waals surface area contributed by atoms with E-state index in [0.29, 0.717) is 29.2 Å². The van der Waals surface area contributed by atoms with Crippen LogP contribution < -0.4 is 9.62 Å². The molecule has 0 unspecified atom stereocenters. The van der Waals surface area contributed by atoms with Crippen LogP contribution in [-0.4, -0.2) is 44.3 Å². The van der Waals surface area contributed by atoms with E-state index in [0.717, 1.165) is 28.3 Å². The van der Waals surface area contributed by atoms with E-state index in [4.69, 9.17) is 11.6 Å². The quantitative estimate of drug-likeness (QED) is 0.255. The molecule has 0 spiro atoms. The van der Waals surface area contributed by atoms with Crippen molar-refractivity contribution in [2.75, 3.05) is 17.4 Å². The molecule has 0 aromatic heterocycles. The summed E-state index contributed by atoms with van der Waals surface area (Å²) < 4.78 is 29.0. The van der Waals surface area contributed by atoms with Crippen LogP contribution in [0.3, 0.4) is 0 Å². The molecular formula is C31H38ClN3O4S. The zero-order chi connectivity index (χ0) is 29.3. The van der Waals surface area contributed by atoms with Crippen molar-refractivity contribution in [3.8, 4) is 0 Å². The molecule has 0 saturated heterocycles. The van der Waals surface area contributed by atoms with Crippen molar-refractivity contribution in [1.29, 1.82) is 0 Å². The van der Waals surface area contributed by atoms with Crippen LogP contribution in [0.15, 0.2) is 77.7 Å². The molecule has 3 aromatic rings. The number of anilines is 1. The van der Waals surface area contributed by atoms with Crippen molar-refractivity contribution in [3.05, 3.63) is 94.5 Å². The zero-order valence-electron chi connectivity index (χ0n) is 23.6. The van der Waals surface area contributed by atoms with Gasteiger partial charge >= 0.3 is 0 Å². The van der Waals surface area contributed by atoms with Gasteiger partial charge in [0.25, 0.3) is 10.0 Å². The average molecular weight is 584 g/mol. The fraction of sp³-hybridized carbons (Fsp3) is 0.355. The molecule has 40 heavy (non-hydrogen) atoms. The van der Waals surface area contributed by atoms with Gasteiger partial charge in [-0.1, -0.05) is 79.9 Å². The van der Waals surface area contributed by atoms with Gasteiger partial charge in [0.05, 0.1) is 10.6 Å². The first-order valence-electron chi connectivity index (χ1n) is 13.5. The predicted molar refractivity (Wildman–Crippen MR) is 161 cm³/mol. The number of sulfonamides is 1. The molecular weight excluding hydrogens is 546 g/mol. The number of amides is 2. The predicted octanol–water partition coefficient (Wildman–Crippen LogP) is 5.88. The largest absolute Gasteiger partial charge is 0.354 e. The number of hydrogen-bond acceptors (Lipinski definition) is 4. The number of carbonyl (C=O) groups excluding carboxylic acids is 2. The second kappa shape index (κ2) is 14.3. The highest BCUT2D eigenvalue weighted by Gasteiger charge is 2.34. The highest BCUT2D eigenvalue weighted by atomic mass is 35.5. The summed E-state index contributed by atoms with van der Waals surface area (Å²) in [6.07, 6.45) is 2.13. The molecule has 3 aromatic carbocycles. The lowest BCUT2D eigenvalue weighted by Gasteiger charge is -2.33. The highest BCUT2D eigenvalue weighted by molar-refractivity contribution is 7.92. The maximum Gasteiger partial charge on any atom is 0.264 e. The molecule has 0 fully saturated rings. The number of halogens is 1. The van der Waals surface area contributed by atoms with Gasteiger partial charge in [0.2, 0.25) is 11.8 Å². The lowest BCUT2D eigenvalue weighted by atomic mass is 10.1. The molecule has 214 valence electrons. The number of nitrogens with zero attached hydrogens (tertiary/aromatic N) is 2. The van der Waals surface area contributed by atoms with Gasteiger partial charge in [-0.3, -0.25) is 13.9 Å². The van der Waals surface area contributed by atoms with Gasteiger partial charge in [0, 0.05) is 18.1 Å². The van der Waals surface area contributed by atoms with Gasteiger partial charge in [-0.15, -0.1) is 0 Å². The first-order valence-corrected chi connectivity index (χ1v) is 15.4. The van der Waals surface area contributed by atoms with Crippen LogP contribution in [0.25, 0.3) is 0 Å². The normalized spacial score (nSPS) is 12.0. The Morgan fingerprint density at radius 2 is 1.65 bits per heavy atom. The second-order valence-corrected chi connectivity index (χ2v) is 12.1. The summed E-state index contributed by atoms with van der Waals surface area (Å²) >= 11 is 6.02. The number of benzene rings is 3. The van der Waals surface area contributed by atoms with Crippen molar-refractivity contribution in [2.45, 2.75) is 64.4 Å². The Balaban J connectivity index is 2.05. The number of unbranched alkanes of at least 4 members (excludes halogenated alkanes) is 1. The summed E-state index contributed by atoms with van der Waals surface area (Å²) in [7, 11) is -4.15. The molecule has 0 bridgehead atoms. The molecule has 0 radical (unpaired) electrons. The topological polar surface area (TPSA) is 86.8 Å². The van der Waals surface area contributed by atoms with E-state index >= 15 is 0 Å². The van der Waals surface area contributed by atoms with Gasteiger partial charge in [-0.25, -0.2) is 8.42 Å². The van der Waals surface area contributed by atoms with E-state index in [1.165, 1.54) is 29.2 Å². The molecule has 0 aliphatic carbocycles. The summed E-state index contributed by atoms with van der Waals surface area (Å²) in [5.74, 6) is -0.722. The SMILES string of the molecule is CCCCNC(=O)[C@@H](CC)N(Cc1cccc(C)c1)C(=O)CN(c1ccccc1C)S(=O)(=O)c1ccc(Cl)cc1. The van der Waals surface area contributed by atoms with Crippen molar-refractivity contribution in [1.82, 2.24) is 10.2 Å². The van der Waals surface area contributed by atoms with Crippen molar-refractivity contribution < 1.29 is 18.0 Å². The minimum atomic E-state index is -4.15. The van der Waals surface area contributed by atoms with Crippen LogP contribution in [0.1, 0.15) is 49.8 Å². The van der Waals surface area contributed by atoms with Gasteiger partial charge in [0.1, 0.15) is 12.6 Å². The minimum Gasteiger partial charge on any atom is -0.354 e. The summed E-state index contributed by atoms with van der Waals surface area (Å²) in [5, 5.41) is 3.35. The van der Waals surface area contributed by atoms with Crippen LogP contribution >= 0.6 is 11.6 Å². The van der Waals surface area contributed by atoms with Crippen LogP contribution in [0.4, 0.5) is 5.69 Å². The number of nitrogens with one attached hydrogen (secondary N) is 1. The Kier molecular flexibility index (Phi) is 11.2. The number of aryl methyl sites for hydroxylation is 2. The van der Waals surface area contributed by atoms with Gasteiger partial charge in [0.15, 0.2) is 0 Å². The Labute approximate surface area is 243 Å². The summed E-state index contributed by atoms with van der Waals surface area (Å²) in [5.41, 5.74) is 2.97. The Hall–Kier alpha value is -3.36. The first kappa shape index (κ1) is 31.2. The Morgan fingerprint density at radius 3 is 2.27 bits per heavy atom. The van der Waals surface area contributed by atoms with Gasteiger partial charge in [-0.2, -0.15) is 0 Å². The van der Waals surface area contributed by atoms with E-state index in [-0.39, 0.29) is 17.3 Å². The fourth-order valence-electron chi connectivity index (χ4n) is 4.52.